The first-order chi connectivity index (χ1) is 10.9. The fourth-order valence-electron chi connectivity index (χ4n) is 2.17. The summed E-state index contributed by atoms with van der Waals surface area (Å²) in [7, 11) is 0. The van der Waals surface area contributed by atoms with Crippen molar-refractivity contribution < 1.29 is 8.94 Å². The zero-order valence-corrected chi connectivity index (χ0v) is 12.4. The number of rotatable bonds is 4. The first-order valence-corrected chi connectivity index (χ1v) is 7.86. The predicted octanol–water partition coefficient (Wildman–Crippen LogP) is 4.78. The molecule has 0 N–H and O–H groups in total. The van der Waals surface area contributed by atoms with Crippen LogP contribution in [0.25, 0.3) is 22.4 Å². The molecule has 0 amide bonds. The molecule has 2 aromatic heterocycles. The highest BCUT2D eigenvalue weighted by Crippen LogP contribution is 2.27. The number of fused-ring (bicyclic) bond motifs is 1. The summed E-state index contributed by atoms with van der Waals surface area (Å²) in [6, 6.07) is 19.6. The summed E-state index contributed by atoms with van der Waals surface area (Å²) in [6.07, 6.45) is 0. The van der Waals surface area contributed by atoms with Crippen molar-refractivity contribution in [2.45, 2.75) is 11.0 Å². The molecule has 4 nitrogen and oxygen atoms in total. The van der Waals surface area contributed by atoms with Crippen molar-refractivity contribution in [2.24, 2.45) is 0 Å². The average molecular weight is 308 g/mol. The van der Waals surface area contributed by atoms with Gasteiger partial charge in [0, 0.05) is 11.6 Å². The van der Waals surface area contributed by atoms with Gasteiger partial charge < -0.3 is 8.94 Å². The van der Waals surface area contributed by atoms with Crippen LogP contribution >= 0.6 is 11.8 Å². The van der Waals surface area contributed by atoms with Gasteiger partial charge in [-0.1, -0.05) is 59.4 Å². The molecule has 2 heterocycles. The van der Waals surface area contributed by atoms with Crippen LogP contribution in [0.3, 0.4) is 0 Å². The van der Waals surface area contributed by atoms with E-state index in [4.69, 9.17) is 8.94 Å². The molecule has 0 spiro atoms. The van der Waals surface area contributed by atoms with Gasteiger partial charge in [0.15, 0.2) is 5.58 Å². The van der Waals surface area contributed by atoms with Gasteiger partial charge in [0.2, 0.25) is 0 Å². The van der Waals surface area contributed by atoms with Crippen LogP contribution in [-0.4, -0.2) is 10.1 Å². The van der Waals surface area contributed by atoms with Crippen molar-refractivity contribution in [3.05, 3.63) is 66.4 Å². The molecule has 108 valence electrons. The SMILES string of the molecule is c1ccc(-c2cc(CSc3nc4ccccc4o3)on2)cc1. The number of benzene rings is 2. The number of para-hydroxylation sites is 2. The van der Waals surface area contributed by atoms with E-state index in [1.165, 1.54) is 11.8 Å². The monoisotopic (exact) mass is 308 g/mol. The van der Waals surface area contributed by atoms with Crippen LogP contribution in [0.4, 0.5) is 0 Å². The lowest BCUT2D eigenvalue weighted by molar-refractivity contribution is 0.396. The van der Waals surface area contributed by atoms with Crippen LogP contribution < -0.4 is 0 Å². The van der Waals surface area contributed by atoms with E-state index in [0.717, 1.165) is 28.1 Å². The van der Waals surface area contributed by atoms with Gasteiger partial charge in [0.25, 0.3) is 5.22 Å². The molecule has 0 saturated carbocycles. The minimum absolute atomic E-state index is 0.632. The van der Waals surface area contributed by atoms with Gasteiger partial charge in [0.1, 0.15) is 17.0 Å². The van der Waals surface area contributed by atoms with Crippen molar-refractivity contribution in [3.63, 3.8) is 0 Å². The second-order valence-electron chi connectivity index (χ2n) is 4.78. The molecule has 0 bridgehead atoms. The Kier molecular flexibility index (Phi) is 3.40. The number of thioether (sulfide) groups is 1. The molecule has 5 heteroatoms. The first kappa shape index (κ1) is 13.2. The molecule has 2 aromatic carbocycles. The highest BCUT2D eigenvalue weighted by Gasteiger charge is 2.10. The third-order valence-corrected chi connectivity index (χ3v) is 4.09. The van der Waals surface area contributed by atoms with Gasteiger partial charge in [-0.25, -0.2) is 4.98 Å². The fraction of sp³-hybridized carbons (Fsp3) is 0.0588. The molecular weight excluding hydrogens is 296 g/mol. The van der Waals surface area contributed by atoms with E-state index in [1.807, 2.05) is 60.7 Å². The third kappa shape index (κ3) is 2.63. The van der Waals surface area contributed by atoms with Gasteiger partial charge in [-0.2, -0.15) is 0 Å². The summed E-state index contributed by atoms with van der Waals surface area (Å²) in [4.78, 5) is 4.43. The number of hydrogen-bond donors (Lipinski definition) is 0. The van der Waals surface area contributed by atoms with Crippen LogP contribution in [0.5, 0.6) is 0 Å². The summed E-state index contributed by atoms with van der Waals surface area (Å²) in [5, 5.41) is 4.74. The molecule has 0 saturated heterocycles. The Balaban J connectivity index is 1.49. The molecule has 0 unspecified atom stereocenters. The normalized spacial score (nSPS) is 11.1. The maximum absolute atomic E-state index is 5.67. The molecule has 22 heavy (non-hydrogen) atoms. The number of oxazole rings is 1. The summed E-state index contributed by atoms with van der Waals surface area (Å²) < 4.78 is 11.0. The first-order valence-electron chi connectivity index (χ1n) is 6.88. The maximum atomic E-state index is 5.67. The molecule has 0 atom stereocenters. The van der Waals surface area contributed by atoms with E-state index >= 15 is 0 Å². The van der Waals surface area contributed by atoms with E-state index in [-0.39, 0.29) is 0 Å². The largest absolute Gasteiger partial charge is 0.431 e. The third-order valence-electron chi connectivity index (χ3n) is 3.24. The van der Waals surface area contributed by atoms with E-state index in [9.17, 15) is 0 Å². The minimum atomic E-state index is 0.632. The van der Waals surface area contributed by atoms with Crippen molar-refractivity contribution >= 4 is 22.9 Å². The zero-order valence-electron chi connectivity index (χ0n) is 11.6. The minimum Gasteiger partial charge on any atom is -0.431 e. The fourth-order valence-corrected chi connectivity index (χ4v) is 2.89. The van der Waals surface area contributed by atoms with Crippen LogP contribution in [0.1, 0.15) is 5.76 Å². The molecule has 0 fully saturated rings. The molecule has 0 aliphatic heterocycles. The van der Waals surface area contributed by atoms with Crippen LogP contribution in [-0.2, 0) is 5.75 Å². The lowest BCUT2D eigenvalue weighted by atomic mass is 10.1. The van der Waals surface area contributed by atoms with E-state index in [0.29, 0.717) is 11.0 Å². The van der Waals surface area contributed by atoms with E-state index < -0.39 is 0 Å². The van der Waals surface area contributed by atoms with Crippen LogP contribution in [0.15, 0.2) is 74.8 Å². The molecule has 4 rings (SSSR count). The summed E-state index contributed by atoms with van der Waals surface area (Å²) in [5.74, 6) is 1.43. The van der Waals surface area contributed by atoms with Gasteiger partial charge in [-0.15, -0.1) is 0 Å². The highest BCUT2D eigenvalue weighted by atomic mass is 32.2. The smallest absolute Gasteiger partial charge is 0.257 e. The summed E-state index contributed by atoms with van der Waals surface area (Å²) >= 11 is 1.50. The predicted molar refractivity (Wildman–Crippen MR) is 85.5 cm³/mol. The molecule has 4 aromatic rings. The zero-order chi connectivity index (χ0) is 14.8. The summed E-state index contributed by atoms with van der Waals surface area (Å²) in [6.45, 7) is 0. The van der Waals surface area contributed by atoms with Gasteiger partial charge in [-0.3, -0.25) is 0 Å². The summed E-state index contributed by atoms with van der Waals surface area (Å²) in [5.41, 5.74) is 3.55. The van der Waals surface area contributed by atoms with Gasteiger partial charge in [0.05, 0.1) is 5.75 Å². The Morgan fingerprint density at radius 3 is 2.64 bits per heavy atom. The molecule has 0 aliphatic rings. The standard InChI is InChI=1S/C17H12N2O2S/c1-2-6-12(7-3-1)15-10-13(21-19-15)11-22-17-18-14-8-4-5-9-16(14)20-17/h1-10H,11H2. The van der Waals surface area contributed by atoms with Crippen LogP contribution in [0, 0.1) is 0 Å². The van der Waals surface area contributed by atoms with Crippen molar-refractivity contribution in [1.82, 2.24) is 10.1 Å². The molecule has 0 aliphatic carbocycles. The number of hydrogen-bond acceptors (Lipinski definition) is 5. The van der Waals surface area contributed by atoms with Crippen LogP contribution in [0.2, 0.25) is 0 Å². The maximum Gasteiger partial charge on any atom is 0.257 e. The quantitative estimate of drug-likeness (QED) is 0.508. The molecular formula is C17H12N2O2S. The Hall–Kier alpha value is -2.53. The number of aromatic nitrogens is 2. The van der Waals surface area contributed by atoms with Gasteiger partial charge >= 0.3 is 0 Å². The average Bonchev–Trinajstić information content (AvgIpc) is 3.20. The van der Waals surface area contributed by atoms with Crippen molar-refractivity contribution in [2.75, 3.05) is 0 Å². The van der Waals surface area contributed by atoms with Gasteiger partial charge in [-0.05, 0) is 12.1 Å². The second-order valence-corrected chi connectivity index (χ2v) is 5.71. The Labute approximate surface area is 131 Å². The Bertz CT molecular complexity index is 866. The Morgan fingerprint density at radius 2 is 1.77 bits per heavy atom. The van der Waals surface area contributed by atoms with Crippen molar-refractivity contribution in [1.29, 1.82) is 0 Å². The van der Waals surface area contributed by atoms with Crippen molar-refractivity contribution in [3.8, 4) is 11.3 Å². The van der Waals surface area contributed by atoms with E-state index in [2.05, 4.69) is 10.1 Å². The van der Waals surface area contributed by atoms with E-state index in [1.54, 1.807) is 0 Å². The number of nitrogens with zero attached hydrogens (tertiary/aromatic N) is 2. The second kappa shape index (κ2) is 5.69. The highest BCUT2D eigenvalue weighted by molar-refractivity contribution is 7.98. The molecule has 0 radical (unpaired) electrons. The lowest BCUT2D eigenvalue weighted by Crippen LogP contribution is -1.76. The lowest BCUT2D eigenvalue weighted by Gasteiger charge is -1.92. The Morgan fingerprint density at radius 1 is 0.955 bits per heavy atom. The topological polar surface area (TPSA) is 52.1 Å².